The lowest BCUT2D eigenvalue weighted by molar-refractivity contribution is -0.187. The number of aromatic hydroxyl groups is 1. The summed E-state index contributed by atoms with van der Waals surface area (Å²) in [6.45, 7) is 0. The molecule has 0 saturated carbocycles. The monoisotopic (exact) mass is 410 g/mol. The molecule has 0 amide bonds. The van der Waals surface area contributed by atoms with Crippen molar-refractivity contribution in [2.24, 2.45) is 0 Å². The molecule has 11 heteroatoms. The van der Waals surface area contributed by atoms with Crippen LogP contribution in [0.1, 0.15) is 5.56 Å². The maximum atomic E-state index is 13.3. The minimum absolute atomic E-state index is 0.353. The summed E-state index contributed by atoms with van der Waals surface area (Å²) in [7, 11) is 0. The van der Waals surface area contributed by atoms with Crippen LogP contribution in [0.4, 0.5) is 30.7 Å². The van der Waals surface area contributed by atoms with Crippen molar-refractivity contribution in [1.82, 2.24) is 0 Å². The van der Waals surface area contributed by atoms with Crippen LogP contribution in [0.3, 0.4) is 0 Å². The Balaban J connectivity index is 0.000000261. The molecule has 2 aromatic rings. The molecule has 28 heavy (non-hydrogen) atoms. The minimum Gasteiger partial charge on any atom is -0.505 e. The SMILES string of the molecule is O=C(O)C1=Cc2cc(F)cc(F)c2OC1C(F)(F)F.Oc1ccc(F)cc1F. The van der Waals surface area contributed by atoms with E-state index in [1.54, 1.807) is 0 Å². The van der Waals surface area contributed by atoms with E-state index in [1.807, 2.05) is 0 Å². The molecule has 0 fully saturated rings. The third-order valence-electron chi connectivity index (χ3n) is 3.32. The van der Waals surface area contributed by atoms with Crippen LogP contribution in [0.5, 0.6) is 11.5 Å². The van der Waals surface area contributed by atoms with E-state index in [-0.39, 0.29) is 0 Å². The van der Waals surface area contributed by atoms with Crippen LogP contribution < -0.4 is 4.74 Å². The predicted octanol–water partition coefficient (Wildman–Crippen LogP) is 4.43. The molecule has 2 N–H and O–H groups in total. The van der Waals surface area contributed by atoms with Crippen LogP contribution in [-0.4, -0.2) is 28.5 Å². The third-order valence-corrected chi connectivity index (χ3v) is 3.32. The van der Waals surface area contributed by atoms with Gasteiger partial charge in [0.2, 0.25) is 6.10 Å². The number of phenolic OH excluding ortho intramolecular Hbond substituents is 1. The second-order valence-electron chi connectivity index (χ2n) is 5.35. The van der Waals surface area contributed by atoms with Gasteiger partial charge >= 0.3 is 12.1 Å². The molecule has 1 heterocycles. The zero-order valence-corrected chi connectivity index (χ0v) is 13.4. The maximum absolute atomic E-state index is 13.3. The summed E-state index contributed by atoms with van der Waals surface area (Å²) >= 11 is 0. The number of alkyl halides is 3. The van der Waals surface area contributed by atoms with Crippen LogP contribution in [0, 0.1) is 23.3 Å². The second kappa shape index (κ2) is 7.79. The fraction of sp³-hybridized carbons (Fsp3) is 0.118. The Morgan fingerprint density at radius 1 is 0.964 bits per heavy atom. The normalized spacial score (nSPS) is 15.5. The fourth-order valence-electron chi connectivity index (χ4n) is 2.13. The molecule has 1 unspecified atom stereocenters. The van der Waals surface area contributed by atoms with Crippen molar-refractivity contribution in [1.29, 1.82) is 0 Å². The summed E-state index contributed by atoms with van der Waals surface area (Å²) in [5, 5.41) is 17.2. The molecule has 4 nitrogen and oxygen atoms in total. The van der Waals surface area contributed by atoms with E-state index < -0.39 is 64.2 Å². The molecule has 150 valence electrons. The lowest BCUT2D eigenvalue weighted by Gasteiger charge is -2.27. The van der Waals surface area contributed by atoms with Gasteiger partial charge in [-0.15, -0.1) is 0 Å². The van der Waals surface area contributed by atoms with Gasteiger partial charge in [0.25, 0.3) is 0 Å². The van der Waals surface area contributed by atoms with Gasteiger partial charge in [0.05, 0.1) is 5.57 Å². The minimum atomic E-state index is -5.03. The van der Waals surface area contributed by atoms with Crippen LogP contribution in [0.25, 0.3) is 6.08 Å². The average Bonchev–Trinajstić information content (AvgIpc) is 2.57. The smallest absolute Gasteiger partial charge is 0.430 e. The van der Waals surface area contributed by atoms with Crippen LogP contribution in [0.15, 0.2) is 35.9 Å². The maximum Gasteiger partial charge on any atom is 0.430 e. The topological polar surface area (TPSA) is 66.8 Å². The van der Waals surface area contributed by atoms with Crippen molar-refractivity contribution in [2.45, 2.75) is 12.3 Å². The molecule has 1 atom stereocenters. The highest BCUT2D eigenvalue weighted by Gasteiger charge is 2.49. The van der Waals surface area contributed by atoms with Gasteiger partial charge in [-0.05, 0) is 24.3 Å². The first-order valence-electron chi connectivity index (χ1n) is 7.21. The first-order valence-corrected chi connectivity index (χ1v) is 7.21. The molecule has 0 saturated heterocycles. The molecule has 0 radical (unpaired) electrons. The molecule has 1 aliphatic heterocycles. The van der Waals surface area contributed by atoms with Crippen molar-refractivity contribution in [2.75, 3.05) is 0 Å². The van der Waals surface area contributed by atoms with Gasteiger partial charge in [-0.1, -0.05) is 0 Å². The molecular formula is C17H9F7O4. The van der Waals surface area contributed by atoms with Crippen LogP contribution in [0.2, 0.25) is 0 Å². The number of aliphatic carboxylic acids is 1. The Morgan fingerprint density at radius 2 is 1.57 bits per heavy atom. The van der Waals surface area contributed by atoms with Gasteiger partial charge in [-0.25, -0.2) is 22.4 Å². The Bertz CT molecular complexity index is 938. The molecule has 1 aliphatic rings. The third kappa shape index (κ3) is 4.72. The number of phenols is 1. The predicted molar refractivity (Wildman–Crippen MR) is 80.5 cm³/mol. The van der Waals surface area contributed by atoms with Crippen molar-refractivity contribution in [3.63, 3.8) is 0 Å². The standard InChI is InChI=1S/C11H5F5O3.C6H4F2O/c12-5-1-4-2-6(10(17)18)9(11(14,15)16)19-8(4)7(13)3-5;7-4-1-2-6(9)5(8)3-4/h1-3,9H,(H,17,18);1-3,9H. The van der Waals surface area contributed by atoms with E-state index in [4.69, 9.17) is 10.2 Å². The summed E-state index contributed by atoms with van der Waals surface area (Å²) in [5.74, 6) is -7.24. The van der Waals surface area contributed by atoms with Gasteiger partial charge in [-0.3, -0.25) is 0 Å². The lowest BCUT2D eigenvalue weighted by atomic mass is 10.0. The van der Waals surface area contributed by atoms with Gasteiger partial charge in [0.1, 0.15) is 11.6 Å². The highest BCUT2D eigenvalue weighted by Crippen LogP contribution is 2.38. The van der Waals surface area contributed by atoms with Crippen molar-refractivity contribution in [3.05, 3.63) is 64.7 Å². The molecule has 2 aromatic carbocycles. The highest BCUT2D eigenvalue weighted by atomic mass is 19.4. The number of rotatable bonds is 1. The Hall–Kier alpha value is -3.24. The highest BCUT2D eigenvalue weighted by molar-refractivity contribution is 5.95. The van der Waals surface area contributed by atoms with Crippen molar-refractivity contribution in [3.8, 4) is 11.5 Å². The molecule has 0 spiro atoms. The first-order chi connectivity index (χ1) is 12.9. The molecule has 0 aliphatic carbocycles. The fourth-order valence-corrected chi connectivity index (χ4v) is 2.13. The Labute approximate surface area is 152 Å². The number of benzene rings is 2. The summed E-state index contributed by atoms with van der Waals surface area (Å²) in [5.41, 5.74) is -1.53. The summed E-state index contributed by atoms with van der Waals surface area (Å²) < 4.78 is 92.6. The summed E-state index contributed by atoms with van der Waals surface area (Å²) in [4.78, 5) is 10.8. The number of hydrogen-bond donors (Lipinski definition) is 2. The van der Waals surface area contributed by atoms with Gasteiger partial charge in [-0.2, -0.15) is 13.2 Å². The second-order valence-corrected chi connectivity index (χ2v) is 5.35. The van der Waals surface area contributed by atoms with Crippen molar-refractivity contribution >= 4 is 12.0 Å². The van der Waals surface area contributed by atoms with Crippen LogP contribution >= 0.6 is 0 Å². The zero-order chi connectivity index (χ0) is 21.2. The van der Waals surface area contributed by atoms with Crippen LogP contribution in [-0.2, 0) is 4.79 Å². The summed E-state index contributed by atoms with van der Waals surface area (Å²) in [6.07, 6.45) is -7.27. The quantitative estimate of drug-likeness (QED) is 0.683. The van der Waals surface area contributed by atoms with E-state index in [0.717, 1.165) is 12.1 Å². The van der Waals surface area contributed by atoms with E-state index in [9.17, 15) is 35.5 Å². The van der Waals surface area contributed by atoms with Gasteiger partial charge < -0.3 is 14.9 Å². The largest absolute Gasteiger partial charge is 0.505 e. The Morgan fingerprint density at radius 3 is 2.07 bits per heavy atom. The van der Waals surface area contributed by atoms with E-state index >= 15 is 0 Å². The average molecular weight is 410 g/mol. The molecule has 0 aromatic heterocycles. The first kappa shape index (κ1) is 21.1. The van der Waals surface area contributed by atoms with Gasteiger partial charge in [0.15, 0.2) is 23.1 Å². The number of hydrogen-bond acceptors (Lipinski definition) is 3. The number of carboxylic acids is 1. The van der Waals surface area contributed by atoms with Gasteiger partial charge in [0, 0.05) is 17.7 Å². The van der Waals surface area contributed by atoms with E-state index in [0.29, 0.717) is 24.3 Å². The number of ether oxygens (including phenoxy) is 1. The number of fused-ring (bicyclic) bond motifs is 1. The molecular weight excluding hydrogens is 401 g/mol. The van der Waals surface area contributed by atoms with E-state index in [1.165, 1.54) is 0 Å². The number of carbonyl (C=O) groups is 1. The summed E-state index contributed by atoms with van der Waals surface area (Å²) in [6, 6.07) is 3.61. The zero-order valence-electron chi connectivity index (χ0n) is 13.4. The number of carboxylic acid groups (broad SMARTS) is 1. The lowest BCUT2D eigenvalue weighted by Crippen LogP contribution is -2.40. The van der Waals surface area contributed by atoms with E-state index in [2.05, 4.69) is 4.74 Å². The Kier molecular flexibility index (Phi) is 5.86. The number of halogens is 7. The van der Waals surface area contributed by atoms with Crippen molar-refractivity contribution < 1.29 is 50.5 Å². The molecule has 0 bridgehead atoms. The molecule has 3 rings (SSSR count).